The zero-order chi connectivity index (χ0) is 9.14. The van der Waals surface area contributed by atoms with Gasteiger partial charge in [-0.2, -0.15) is 0 Å². The fraction of sp³-hybridized carbons (Fsp3) is 0.400. The molecule has 0 N–H and O–H groups in total. The van der Waals surface area contributed by atoms with Crippen molar-refractivity contribution in [1.82, 2.24) is 0 Å². The molecule has 0 aliphatic carbocycles. The van der Waals surface area contributed by atoms with Crippen LogP contribution >= 0.6 is 0 Å². The average Bonchev–Trinajstić information content (AvgIpc) is 2.08. The summed E-state index contributed by atoms with van der Waals surface area (Å²) in [6, 6.07) is 3.27. The van der Waals surface area contributed by atoms with Crippen LogP contribution in [-0.4, -0.2) is 7.11 Å². The minimum atomic E-state index is -0.278. The van der Waals surface area contributed by atoms with Gasteiger partial charge in [0.2, 0.25) is 0 Å². The zero-order valence-corrected chi connectivity index (χ0v) is 7.65. The lowest BCUT2D eigenvalue weighted by atomic mass is 10.1. The van der Waals surface area contributed by atoms with Gasteiger partial charge in [0.25, 0.3) is 0 Å². The fourth-order valence-electron chi connectivity index (χ4n) is 1.23. The highest BCUT2D eigenvalue weighted by Gasteiger charge is 2.05. The van der Waals surface area contributed by atoms with E-state index < -0.39 is 0 Å². The van der Waals surface area contributed by atoms with E-state index in [0.717, 1.165) is 17.5 Å². The molecule has 2 heteroatoms. The summed E-state index contributed by atoms with van der Waals surface area (Å²) in [4.78, 5) is 0. The van der Waals surface area contributed by atoms with Crippen LogP contribution in [-0.2, 0) is 6.42 Å². The van der Waals surface area contributed by atoms with Crippen LogP contribution in [0.5, 0.6) is 5.75 Å². The van der Waals surface area contributed by atoms with Gasteiger partial charge in [0.05, 0.1) is 7.11 Å². The van der Waals surface area contributed by atoms with Crippen LogP contribution in [0.25, 0.3) is 0 Å². The summed E-state index contributed by atoms with van der Waals surface area (Å²) in [7, 11) is 1.48. The van der Waals surface area contributed by atoms with Crippen molar-refractivity contribution in [3.05, 3.63) is 29.1 Å². The maximum atomic E-state index is 13.1. The molecule has 0 radical (unpaired) electrons. The summed E-state index contributed by atoms with van der Waals surface area (Å²) >= 11 is 0. The lowest BCUT2D eigenvalue weighted by Crippen LogP contribution is -1.93. The van der Waals surface area contributed by atoms with Crippen LogP contribution in [0.15, 0.2) is 12.1 Å². The van der Waals surface area contributed by atoms with E-state index in [2.05, 4.69) is 0 Å². The maximum absolute atomic E-state index is 13.1. The summed E-state index contributed by atoms with van der Waals surface area (Å²) in [5.41, 5.74) is 2.11. The van der Waals surface area contributed by atoms with E-state index in [9.17, 15) is 4.39 Å². The Bertz CT molecular complexity index is 252. The Morgan fingerprint density at radius 1 is 1.42 bits per heavy atom. The van der Waals surface area contributed by atoms with Crippen molar-refractivity contribution in [1.29, 1.82) is 0 Å². The molecule has 0 bridgehead atoms. The first-order chi connectivity index (χ1) is 5.69. The number of hydrogen-bond acceptors (Lipinski definition) is 1. The Labute approximate surface area is 72.2 Å². The average molecular weight is 168 g/mol. The lowest BCUT2D eigenvalue weighted by Gasteiger charge is -2.06. The molecule has 66 valence electrons. The predicted octanol–water partition coefficient (Wildman–Crippen LogP) is 2.71. The first-order valence-electron chi connectivity index (χ1n) is 4.02. The van der Waals surface area contributed by atoms with E-state index in [1.165, 1.54) is 13.2 Å². The number of ether oxygens (including phenoxy) is 1. The number of benzene rings is 1. The van der Waals surface area contributed by atoms with Crippen molar-refractivity contribution < 1.29 is 9.13 Å². The van der Waals surface area contributed by atoms with Gasteiger partial charge in [0.1, 0.15) is 0 Å². The first-order valence-corrected chi connectivity index (χ1v) is 4.02. The highest BCUT2D eigenvalue weighted by molar-refractivity contribution is 5.36. The molecule has 0 aliphatic rings. The van der Waals surface area contributed by atoms with Gasteiger partial charge in [-0.15, -0.1) is 0 Å². The summed E-state index contributed by atoms with van der Waals surface area (Å²) in [6.07, 6.45) is 0.854. The molecule has 1 aromatic carbocycles. The molecule has 12 heavy (non-hydrogen) atoms. The molecule has 0 heterocycles. The Kier molecular flexibility index (Phi) is 2.69. The quantitative estimate of drug-likeness (QED) is 0.659. The van der Waals surface area contributed by atoms with Crippen molar-refractivity contribution in [2.75, 3.05) is 7.11 Å². The second kappa shape index (κ2) is 3.57. The van der Waals surface area contributed by atoms with Crippen molar-refractivity contribution in [3.8, 4) is 5.75 Å². The number of halogens is 1. The van der Waals surface area contributed by atoms with Crippen molar-refractivity contribution >= 4 is 0 Å². The molecular formula is C10H13FO. The van der Waals surface area contributed by atoms with E-state index in [1.807, 2.05) is 13.8 Å². The third kappa shape index (κ3) is 1.58. The van der Waals surface area contributed by atoms with E-state index in [-0.39, 0.29) is 5.82 Å². The maximum Gasteiger partial charge on any atom is 0.165 e. The molecule has 0 saturated heterocycles. The monoisotopic (exact) mass is 168 g/mol. The Morgan fingerprint density at radius 2 is 2.08 bits per heavy atom. The van der Waals surface area contributed by atoms with Crippen molar-refractivity contribution in [2.24, 2.45) is 0 Å². The number of aryl methyl sites for hydroxylation is 2. The standard InChI is InChI=1S/C10H13FO/c1-4-8-6-9(11)10(12-3)5-7(8)2/h5-6H,4H2,1-3H3. The lowest BCUT2D eigenvalue weighted by molar-refractivity contribution is 0.386. The van der Waals surface area contributed by atoms with Crippen LogP contribution in [0.3, 0.4) is 0 Å². The highest BCUT2D eigenvalue weighted by atomic mass is 19.1. The summed E-state index contributed by atoms with van der Waals surface area (Å²) < 4.78 is 17.9. The Morgan fingerprint density at radius 3 is 2.58 bits per heavy atom. The molecule has 1 nitrogen and oxygen atoms in total. The van der Waals surface area contributed by atoms with Crippen molar-refractivity contribution in [2.45, 2.75) is 20.3 Å². The van der Waals surface area contributed by atoms with Crippen LogP contribution in [0.2, 0.25) is 0 Å². The first kappa shape index (κ1) is 9.04. The minimum absolute atomic E-state index is 0.278. The predicted molar refractivity (Wildman–Crippen MR) is 47.1 cm³/mol. The summed E-state index contributed by atoms with van der Waals surface area (Å²) in [5.74, 6) is 0.0460. The summed E-state index contributed by atoms with van der Waals surface area (Å²) in [6.45, 7) is 3.97. The van der Waals surface area contributed by atoms with Crippen LogP contribution in [0.1, 0.15) is 18.1 Å². The molecular weight excluding hydrogens is 155 g/mol. The number of hydrogen-bond donors (Lipinski definition) is 0. The van der Waals surface area contributed by atoms with E-state index in [4.69, 9.17) is 4.74 Å². The Balaban J connectivity index is 3.16. The molecule has 1 rings (SSSR count). The summed E-state index contributed by atoms with van der Waals surface area (Å²) in [5, 5.41) is 0. The van der Waals surface area contributed by atoms with Crippen molar-refractivity contribution in [3.63, 3.8) is 0 Å². The topological polar surface area (TPSA) is 9.23 Å². The van der Waals surface area contributed by atoms with Gasteiger partial charge >= 0.3 is 0 Å². The van der Waals surface area contributed by atoms with E-state index in [0.29, 0.717) is 5.75 Å². The van der Waals surface area contributed by atoms with Gasteiger partial charge in [0.15, 0.2) is 11.6 Å². The number of rotatable bonds is 2. The van der Waals surface area contributed by atoms with E-state index in [1.54, 1.807) is 6.07 Å². The third-order valence-corrected chi connectivity index (χ3v) is 1.99. The molecule has 1 aromatic rings. The second-order valence-electron chi connectivity index (χ2n) is 2.77. The van der Waals surface area contributed by atoms with Crippen LogP contribution in [0.4, 0.5) is 4.39 Å². The molecule has 0 fully saturated rings. The van der Waals surface area contributed by atoms with Gasteiger partial charge < -0.3 is 4.74 Å². The molecule has 0 saturated carbocycles. The largest absolute Gasteiger partial charge is 0.494 e. The third-order valence-electron chi connectivity index (χ3n) is 1.99. The van der Waals surface area contributed by atoms with Crippen LogP contribution in [0, 0.1) is 12.7 Å². The van der Waals surface area contributed by atoms with Crippen LogP contribution < -0.4 is 4.74 Å². The smallest absolute Gasteiger partial charge is 0.165 e. The normalized spacial score (nSPS) is 10.0. The van der Waals surface area contributed by atoms with Gasteiger partial charge in [-0.25, -0.2) is 4.39 Å². The second-order valence-corrected chi connectivity index (χ2v) is 2.77. The van der Waals surface area contributed by atoms with Gasteiger partial charge in [-0.05, 0) is 36.6 Å². The SMILES string of the molecule is CCc1cc(F)c(OC)cc1C. The Hall–Kier alpha value is -1.05. The molecule has 0 atom stereocenters. The molecule has 0 aromatic heterocycles. The minimum Gasteiger partial charge on any atom is -0.494 e. The van der Waals surface area contributed by atoms with Gasteiger partial charge in [-0.3, -0.25) is 0 Å². The van der Waals surface area contributed by atoms with E-state index >= 15 is 0 Å². The molecule has 0 aliphatic heterocycles. The fourth-order valence-corrected chi connectivity index (χ4v) is 1.23. The van der Waals surface area contributed by atoms with Gasteiger partial charge in [0, 0.05) is 0 Å². The molecule has 0 amide bonds. The highest BCUT2D eigenvalue weighted by Crippen LogP contribution is 2.21. The molecule has 0 spiro atoms. The number of methoxy groups -OCH3 is 1. The molecule has 0 unspecified atom stereocenters. The zero-order valence-electron chi connectivity index (χ0n) is 7.65. The van der Waals surface area contributed by atoms with Gasteiger partial charge in [-0.1, -0.05) is 6.92 Å².